The molecule has 8 nitrogen and oxygen atoms in total. The van der Waals surface area contributed by atoms with Crippen LogP contribution >= 0.6 is 0 Å². The van der Waals surface area contributed by atoms with E-state index in [1.165, 1.54) is 0 Å². The number of carbonyl (C=O) groups excluding carboxylic acids is 5. The zero-order chi connectivity index (χ0) is 35.0. The maximum absolute atomic E-state index is 14.3. The fourth-order valence-electron chi connectivity index (χ4n) is 8.32. The summed E-state index contributed by atoms with van der Waals surface area (Å²) >= 11 is 0. The number of allylic oxidation sites excluding steroid dienone is 4. The first-order valence-corrected chi connectivity index (χ1v) is 16.4. The van der Waals surface area contributed by atoms with E-state index in [0.29, 0.717) is 16.7 Å². The van der Waals surface area contributed by atoms with Gasteiger partial charge in [-0.2, -0.15) is 0 Å². The molecule has 1 aromatic carbocycles. The molecule has 0 saturated heterocycles. The quantitative estimate of drug-likeness (QED) is 0.269. The van der Waals surface area contributed by atoms with E-state index in [4.69, 9.17) is 9.47 Å². The van der Waals surface area contributed by atoms with Crippen LogP contribution in [0, 0.1) is 39.4 Å². The number of hydrogen-bond acceptors (Lipinski definition) is 8. The summed E-state index contributed by atoms with van der Waals surface area (Å²) in [5, 5.41) is 12.2. The summed E-state index contributed by atoms with van der Waals surface area (Å²) in [5.74, 6) is -3.89. The molecule has 4 aliphatic rings. The number of hydrogen-bond donors (Lipinski definition) is 1. The van der Waals surface area contributed by atoms with E-state index in [-0.39, 0.29) is 80.6 Å². The van der Waals surface area contributed by atoms with Gasteiger partial charge in [-0.05, 0) is 67.2 Å². The molecule has 2 heterocycles. The van der Waals surface area contributed by atoms with Crippen LogP contribution in [0.1, 0.15) is 130 Å². The number of phenols is 1. The number of ether oxygens (including phenoxy) is 2. The van der Waals surface area contributed by atoms with Gasteiger partial charge in [0.25, 0.3) is 0 Å². The van der Waals surface area contributed by atoms with Crippen LogP contribution < -0.4 is 9.47 Å². The average Bonchev–Trinajstić information content (AvgIpc) is 2.95. The van der Waals surface area contributed by atoms with Gasteiger partial charge in [0, 0.05) is 40.0 Å². The van der Waals surface area contributed by atoms with Crippen molar-refractivity contribution in [3.8, 4) is 17.2 Å². The van der Waals surface area contributed by atoms with E-state index >= 15 is 0 Å². The molecule has 0 bridgehead atoms. The number of benzene rings is 1. The Kier molecular flexibility index (Phi) is 7.33. The summed E-state index contributed by atoms with van der Waals surface area (Å²) in [6, 6.07) is 0. The molecule has 2 atom stereocenters. The smallest absolute Gasteiger partial charge is 0.175 e. The summed E-state index contributed by atoms with van der Waals surface area (Å²) in [7, 11) is 0. The van der Waals surface area contributed by atoms with Crippen molar-refractivity contribution in [1.82, 2.24) is 0 Å². The van der Waals surface area contributed by atoms with Gasteiger partial charge in [0.2, 0.25) is 0 Å². The Morgan fingerprint density at radius 3 is 1.35 bits per heavy atom. The van der Waals surface area contributed by atoms with E-state index in [2.05, 4.69) is 0 Å². The first-order valence-electron chi connectivity index (χ1n) is 16.4. The number of phenolic OH excluding ortho intramolecular Hbond substituents is 1. The van der Waals surface area contributed by atoms with Gasteiger partial charge >= 0.3 is 0 Å². The molecule has 2 aliphatic heterocycles. The van der Waals surface area contributed by atoms with Gasteiger partial charge in [-0.25, -0.2) is 0 Å². The zero-order valence-electron chi connectivity index (χ0n) is 29.7. The monoisotopic (exact) mass is 632 g/mol. The van der Waals surface area contributed by atoms with E-state index in [0.717, 1.165) is 0 Å². The van der Waals surface area contributed by atoms with Crippen molar-refractivity contribution < 1.29 is 38.6 Å². The Morgan fingerprint density at radius 1 is 0.609 bits per heavy atom. The Balaban J connectivity index is 1.99. The SMILES string of the molecule is CC(C)C(=O)c1c(O)c2c(c3c1OC1=C(C(=O)C(C)(C)C(=O)C1(C)C)[C@H]3C(C)C)OC1=C(C(=O)C(C)(C)C(=O)C1(C)C)[C@H]2C(C)C. The van der Waals surface area contributed by atoms with Gasteiger partial charge in [0.05, 0.1) is 21.7 Å². The van der Waals surface area contributed by atoms with Crippen molar-refractivity contribution in [3.63, 3.8) is 0 Å². The lowest BCUT2D eigenvalue weighted by Gasteiger charge is -2.49. The summed E-state index contributed by atoms with van der Waals surface area (Å²) in [4.78, 5) is 70.2. The van der Waals surface area contributed by atoms with Crippen molar-refractivity contribution in [2.24, 2.45) is 39.4 Å². The van der Waals surface area contributed by atoms with Gasteiger partial charge in [0.15, 0.2) is 28.9 Å². The van der Waals surface area contributed by atoms with E-state index in [1.807, 2.05) is 27.7 Å². The molecule has 5 rings (SSSR count). The second-order valence-corrected chi connectivity index (χ2v) is 16.7. The number of ketones is 5. The third kappa shape index (κ3) is 4.06. The predicted molar refractivity (Wildman–Crippen MR) is 173 cm³/mol. The van der Waals surface area contributed by atoms with Crippen molar-refractivity contribution in [2.75, 3.05) is 0 Å². The number of aromatic hydroxyl groups is 1. The van der Waals surface area contributed by atoms with Crippen molar-refractivity contribution >= 4 is 28.9 Å². The molecule has 46 heavy (non-hydrogen) atoms. The van der Waals surface area contributed by atoms with Crippen LogP contribution in [-0.2, 0) is 19.2 Å². The van der Waals surface area contributed by atoms with Crippen LogP contribution in [0.15, 0.2) is 22.7 Å². The van der Waals surface area contributed by atoms with Gasteiger partial charge in [-0.15, -0.1) is 0 Å². The average molecular weight is 633 g/mol. The fraction of sp³-hybridized carbons (Fsp3) is 0.605. The van der Waals surface area contributed by atoms with Gasteiger partial charge < -0.3 is 14.6 Å². The van der Waals surface area contributed by atoms with Crippen LogP contribution in [0.5, 0.6) is 17.2 Å². The van der Waals surface area contributed by atoms with E-state index < -0.39 is 39.4 Å². The molecular weight excluding hydrogens is 584 g/mol. The second kappa shape index (κ2) is 9.98. The molecule has 248 valence electrons. The number of carbonyl (C=O) groups is 5. The maximum atomic E-state index is 14.3. The van der Waals surface area contributed by atoms with E-state index in [9.17, 15) is 29.1 Å². The van der Waals surface area contributed by atoms with E-state index in [1.54, 1.807) is 69.2 Å². The molecule has 0 fully saturated rings. The Morgan fingerprint density at radius 2 is 0.978 bits per heavy atom. The highest BCUT2D eigenvalue weighted by Crippen LogP contribution is 2.64. The molecular formula is C38H48O8. The minimum atomic E-state index is -1.34. The molecule has 2 aliphatic carbocycles. The largest absolute Gasteiger partial charge is 0.507 e. The minimum Gasteiger partial charge on any atom is -0.507 e. The first-order chi connectivity index (χ1) is 20.9. The Hall–Kier alpha value is -3.55. The lowest BCUT2D eigenvalue weighted by Crippen LogP contribution is -2.53. The summed E-state index contributed by atoms with van der Waals surface area (Å²) in [6.45, 7) is 24.6. The third-order valence-electron chi connectivity index (χ3n) is 10.7. The lowest BCUT2D eigenvalue weighted by molar-refractivity contribution is -0.146. The zero-order valence-corrected chi connectivity index (χ0v) is 29.7. The molecule has 0 aromatic heterocycles. The van der Waals surface area contributed by atoms with Crippen molar-refractivity contribution in [3.05, 3.63) is 39.4 Å². The standard InChI is InChI=1S/C38H48O8/c1-15(2)18-20-26(40)24(25(39)17(5)6)28-21(27(20)45-31-22(18)29(41)35(7,8)33(43)37(31,11)12)19(16(3)4)23-30(42)36(9,10)34(44)38(13,14)32(23)46-28/h15-19,40H,1-14H3/t18-,19-/m0/s1. The normalized spacial score (nSPS) is 25.7. The number of fused-ring (bicyclic) bond motifs is 3. The highest BCUT2D eigenvalue weighted by molar-refractivity contribution is 6.21. The molecule has 1 N–H and O–H groups in total. The van der Waals surface area contributed by atoms with Gasteiger partial charge in [0.1, 0.15) is 34.3 Å². The number of rotatable bonds is 4. The maximum Gasteiger partial charge on any atom is 0.175 e. The Labute approximate surface area is 272 Å². The molecule has 0 saturated carbocycles. The van der Waals surface area contributed by atoms with Crippen LogP contribution in [0.4, 0.5) is 0 Å². The highest BCUT2D eigenvalue weighted by atomic mass is 16.5. The topological polar surface area (TPSA) is 124 Å². The third-order valence-corrected chi connectivity index (χ3v) is 10.7. The minimum absolute atomic E-state index is 0.0546. The molecule has 0 spiro atoms. The molecule has 0 unspecified atom stereocenters. The summed E-state index contributed by atoms with van der Waals surface area (Å²) < 4.78 is 13.3. The van der Waals surface area contributed by atoms with Crippen molar-refractivity contribution in [2.45, 2.75) is 109 Å². The summed E-state index contributed by atoms with van der Waals surface area (Å²) in [6.07, 6.45) is 0. The van der Waals surface area contributed by atoms with Crippen LogP contribution in [0.2, 0.25) is 0 Å². The fourth-order valence-corrected chi connectivity index (χ4v) is 8.32. The Bertz CT molecular complexity index is 1720. The lowest BCUT2D eigenvalue weighted by atomic mass is 9.57. The van der Waals surface area contributed by atoms with Gasteiger partial charge in [-0.3, -0.25) is 24.0 Å². The number of Topliss-reactive ketones (excluding diaryl/α,β-unsaturated/α-hetero) is 5. The molecule has 0 amide bonds. The van der Waals surface area contributed by atoms with Crippen LogP contribution in [0.3, 0.4) is 0 Å². The molecule has 0 radical (unpaired) electrons. The predicted octanol–water partition coefficient (Wildman–Crippen LogP) is 7.41. The van der Waals surface area contributed by atoms with Crippen molar-refractivity contribution in [1.29, 1.82) is 0 Å². The first kappa shape index (κ1) is 33.8. The highest BCUT2D eigenvalue weighted by Gasteiger charge is 2.61. The van der Waals surface area contributed by atoms with Crippen LogP contribution in [-0.4, -0.2) is 34.0 Å². The van der Waals surface area contributed by atoms with Gasteiger partial charge in [-0.1, -0.05) is 41.5 Å². The molecule has 8 heteroatoms. The molecule has 1 aromatic rings. The second-order valence-electron chi connectivity index (χ2n) is 16.7. The van der Waals surface area contributed by atoms with Crippen LogP contribution in [0.25, 0.3) is 0 Å². The summed E-state index contributed by atoms with van der Waals surface area (Å²) in [5.41, 5.74) is -3.79.